The number of nitrogens with one attached hydrogen (secondary N) is 1. The first-order chi connectivity index (χ1) is 12.0. The highest BCUT2D eigenvalue weighted by molar-refractivity contribution is 7.91. The summed E-state index contributed by atoms with van der Waals surface area (Å²) in [5.74, 6) is -2.44. The molecule has 0 spiro atoms. The van der Waals surface area contributed by atoms with Crippen molar-refractivity contribution < 1.29 is 22.0 Å². The Morgan fingerprint density at radius 3 is 2.23 bits per heavy atom. The molecule has 0 bridgehead atoms. The number of amides is 1. The first-order valence-corrected chi connectivity index (χ1v) is 9.83. The van der Waals surface area contributed by atoms with Gasteiger partial charge in [0.25, 0.3) is 10.0 Å². The van der Waals surface area contributed by atoms with Crippen molar-refractivity contribution in [3.63, 3.8) is 0 Å². The van der Waals surface area contributed by atoms with Crippen molar-refractivity contribution in [2.24, 2.45) is 0 Å². The smallest absolute Gasteiger partial charge is 0.252 e. The van der Waals surface area contributed by atoms with Gasteiger partial charge in [0.15, 0.2) is 11.6 Å². The Kier molecular flexibility index (Phi) is 6.22. The quantitative estimate of drug-likeness (QED) is 0.775. The summed E-state index contributed by atoms with van der Waals surface area (Å²) in [5.41, 5.74) is -0.349. The molecule has 1 aromatic heterocycles. The average molecular weight is 424 g/mol. The van der Waals surface area contributed by atoms with E-state index in [1.807, 2.05) is 0 Å². The normalized spacial score (nSPS) is 11.7. The van der Waals surface area contributed by atoms with Gasteiger partial charge in [0.05, 0.1) is 10.9 Å². The highest BCUT2D eigenvalue weighted by atomic mass is 35.5. The van der Waals surface area contributed by atoms with Crippen LogP contribution in [0, 0.1) is 11.6 Å². The number of carbonyl (C=O) groups is 1. The summed E-state index contributed by atoms with van der Waals surface area (Å²) in [6.45, 7) is -0.531. The predicted molar refractivity (Wildman–Crippen MR) is 98.5 cm³/mol. The van der Waals surface area contributed by atoms with E-state index in [2.05, 4.69) is 5.32 Å². The SMILES string of the molecule is CN(C)c1c(F)cc(NC(=O)CN(C)S(=O)(=O)c2ccc(Cl)s2)cc1F. The summed E-state index contributed by atoms with van der Waals surface area (Å²) in [4.78, 5) is 13.3. The van der Waals surface area contributed by atoms with E-state index in [1.165, 1.54) is 38.2 Å². The number of anilines is 2. The number of hydrogen-bond donors (Lipinski definition) is 1. The van der Waals surface area contributed by atoms with Crippen molar-refractivity contribution in [3.8, 4) is 0 Å². The van der Waals surface area contributed by atoms with Crippen molar-refractivity contribution >= 4 is 50.2 Å². The van der Waals surface area contributed by atoms with Gasteiger partial charge in [-0.15, -0.1) is 11.3 Å². The second kappa shape index (κ2) is 7.87. The molecule has 11 heteroatoms. The second-order valence-corrected chi connectivity index (χ2v) is 9.54. The molecule has 0 fully saturated rings. The van der Waals surface area contributed by atoms with Crippen LogP contribution in [0.25, 0.3) is 0 Å². The van der Waals surface area contributed by atoms with Crippen LogP contribution in [0.3, 0.4) is 0 Å². The number of sulfonamides is 1. The minimum absolute atomic E-state index is 0.00905. The number of nitrogens with zero attached hydrogens (tertiary/aromatic N) is 2. The summed E-state index contributed by atoms with van der Waals surface area (Å²) in [6.07, 6.45) is 0. The van der Waals surface area contributed by atoms with Crippen molar-refractivity contribution in [1.29, 1.82) is 0 Å². The number of likely N-dealkylation sites (N-methyl/N-ethyl adjacent to an activating group) is 1. The lowest BCUT2D eigenvalue weighted by Crippen LogP contribution is -2.34. The summed E-state index contributed by atoms with van der Waals surface area (Å²) in [7, 11) is 0.298. The summed E-state index contributed by atoms with van der Waals surface area (Å²) < 4.78 is 53.7. The highest BCUT2D eigenvalue weighted by Crippen LogP contribution is 2.28. The fourth-order valence-corrected chi connectivity index (χ4v) is 4.96. The molecule has 0 unspecified atom stereocenters. The predicted octanol–water partition coefficient (Wildman–Crippen LogP) is 3.00. The molecule has 26 heavy (non-hydrogen) atoms. The first kappa shape index (κ1) is 20.6. The standard InChI is InChI=1S/C15H16ClF2N3O3S2/c1-20(2)15-10(17)6-9(7-11(15)18)19-13(22)8-21(3)26(23,24)14-5-4-12(16)25-14/h4-7H,8H2,1-3H3,(H,19,22). The van der Waals surface area contributed by atoms with E-state index < -0.39 is 34.1 Å². The molecule has 6 nitrogen and oxygen atoms in total. The van der Waals surface area contributed by atoms with Crippen LogP contribution in [0.2, 0.25) is 4.34 Å². The molecule has 142 valence electrons. The fraction of sp³-hybridized carbons (Fsp3) is 0.267. The number of thiophene rings is 1. The third-order valence-electron chi connectivity index (χ3n) is 3.33. The summed E-state index contributed by atoms with van der Waals surface area (Å²) in [5, 5.41) is 2.28. The minimum atomic E-state index is -3.89. The zero-order chi connectivity index (χ0) is 19.6. The Hall–Kier alpha value is -1.75. The van der Waals surface area contributed by atoms with Gasteiger partial charge in [-0.1, -0.05) is 11.6 Å². The van der Waals surface area contributed by atoms with Gasteiger partial charge in [0, 0.05) is 26.8 Å². The van der Waals surface area contributed by atoms with Gasteiger partial charge in [-0.3, -0.25) is 4.79 Å². The Balaban J connectivity index is 2.11. The van der Waals surface area contributed by atoms with Crippen LogP contribution < -0.4 is 10.2 Å². The fourth-order valence-electron chi connectivity index (χ4n) is 2.14. The maximum absolute atomic E-state index is 13.9. The first-order valence-electron chi connectivity index (χ1n) is 7.20. The van der Waals surface area contributed by atoms with Crippen molar-refractivity contribution in [3.05, 3.63) is 40.2 Å². The van der Waals surface area contributed by atoms with Gasteiger partial charge in [-0.25, -0.2) is 17.2 Å². The molecule has 0 saturated heterocycles. The van der Waals surface area contributed by atoms with Gasteiger partial charge in [-0.2, -0.15) is 4.31 Å². The molecule has 1 heterocycles. The van der Waals surface area contributed by atoms with Crippen LogP contribution in [0.5, 0.6) is 0 Å². The molecule has 1 amide bonds. The van der Waals surface area contributed by atoms with E-state index in [0.29, 0.717) is 4.34 Å². The molecule has 1 aromatic carbocycles. The third kappa shape index (κ3) is 4.50. The Morgan fingerprint density at radius 1 is 1.19 bits per heavy atom. The van der Waals surface area contributed by atoms with Crippen molar-refractivity contribution in [1.82, 2.24) is 4.31 Å². The van der Waals surface area contributed by atoms with E-state index in [4.69, 9.17) is 11.6 Å². The summed E-state index contributed by atoms with van der Waals surface area (Å²) in [6, 6.07) is 4.69. The zero-order valence-corrected chi connectivity index (χ0v) is 16.5. The molecule has 0 radical (unpaired) electrons. The van der Waals surface area contributed by atoms with Gasteiger partial charge in [0.1, 0.15) is 9.90 Å². The second-order valence-electron chi connectivity index (χ2n) is 5.55. The maximum atomic E-state index is 13.9. The lowest BCUT2D eigenvalue weighted by molar-refractivity contribution is -0.116. The number of rotatable bonds is 6. The third-order valence-corrected chi connectivity index (χ3v) is 6.83. The summed E-state index contributed by atoms with van der Waals surface area (Å²) >= 11 is 6.59. The van der Waals surface area contributed by atoms with Crippen molar-refractivity contribution in [2.45, 2.75) is 4.21 Å². The molecule has 0 aliphatic heterocycles. The molecule has 2 aromatic rings. The lowest BCUT2D eigenvalue weighted by atomic mass is 10.2. The monoisotopic (exact) mass is 423 g/mol. The molecular formula is C15H16ClF2N3O3S2. The van der Waals surface area contributed by atoms with E-state index in [9.17, 15) is 22.0 Å². The van der Waals surface area contributed by atoms with Gasteiger partial charge in [0.2, 0.25) is 5.91 Å². The molecule has 2 rings (SSSR count). The number of benzene rings is 1. The molecule has 0 aliphatic rings. The molecule has 0 atom stereocenters. The van der Waals surface area contributed by atoms with E-state index >= 15 is 0 Å². The number of hydrogen-bond acceptors (Lipinski definition) is 5. The van der Waals surface area contributed by atoms with Crippen LogP contribution >= 0.6 is 22.9 Å². The van der Waals surface area contributed by atoms with E-state index in [-0.39, 0.29) is 15.6 Å². The van der Waals surface area contributed by atoms with E-state index in [0.717, 1.165) is 27.8 Å². The zero-order valence-electron chi connectivity index (χ0n) is 14.1. The lowest BCUT2D eigenvalue weighted by Gasteiger charge is -2.17. The van der Waals surface area contributed by atoms with Crippen LogP contribution in [-0.4, -0.2) is 46.3 Å². The van der Waals surface area contributed by atoms with Gasteiger partial charge in [-0.05, 0) is 24.3 Å². The topological polar surface area (TPSA) is 69.7 Å². The molecule has 0 saturated carbocycles. The van der Waals surface area contributed by atoms with Crippen molar-refractivity contribution in [2.75, 3.05) is 37.9 Å². The van der Waals surface area contributed by atoms with E-state index in [1.54, 1.807) is 0 Å². The highest BCUT2D eigenvalue weighted by Gasteiger charge is 2.25. The van der Waals surface area contributed by atoms with Crippen LogP contribution in [0.15, 0.2) is 28.5 Å². The molecule has 1 N–H and O–H groups in total. The van der Waals surface area contributed by atoms with Crippen LogP contribution in [-0.2, 0) is 14.8 Å². The van der Waals surface area contributed by atoms with Crippen LogP contribution in [0.4, 0.5) is 20.2 Å². The molecule has 0 aliphatic carbocycles. The number of carbonyl (C=O) groups excluding carboxylic acids is 1. The Labute approximate surface area is 159 Å². The maximum Gasteiger partial charge on any atom is 0.252 e. The minimum Gasteiger partial charge on any atom is -0.373 e. The van der Waals surface area contributed by atoms with Gasteiger partial charge >= 0.3 is 0 Å². The average Bonchev–Trinajstić information content (AvgIpc) is 2.93. The number of halogens is 3. The van der Waals surface area contributed by atoms with Crippen LogP contribution in [0.1, 0.15) is 0 Å². The Bertz CT molecular complexity index is 909. The Morgan fingerprint density at radius 2 is 1.77 bits per heavy atom. The molecular weight excluding hydrogens is 408 g/mol. The largest absolute Gasteiger partial charge is 0.373 e. The van der Waals surface area contributed by atoms with Gasteiger partial charge < -0.3 is 10.2 Å².